The van der Waals surface area contributed by atoms with Gasteiger partial charge in [-0.05, 0) is 91.1 Å². The zero-order valence-corrected chi connectivity index (χ0v) is 26.9. The van der Waals surface area contributed by atoms with Gasteiger partial charge in [0.15, 0.2) is 0 Å². The molecule has 2 heterocycles. The molecule has 0 aromatic heterocycles. The fraction of sp³-hybridized carbons (Fsp3) is 0.135. The molecule has 0 atom stereocenters. The molecule has 226 valence electrons. The second kappa shape index (κ2) is 10.8. The van der Waals surface area contributed by atoms with Gasteiger partial charge in [0, 0.05) is 5.56 Å². The minimum absolute atomic E-state index is 0.145. The van der Waals surface area contributed by atoms with Gasteiger partial charge in [-0.2, -0.15) is 0 Å². The van der Waals surface area contributed by atoms with E-state index in [4.69, 9.17) is 0 Å². The molecule has 0 saturated carbocycles. The zero-order chi connectivity index (χ0) is 31.5. The third kappa shape index (κ3) is 4.94. The van der Waals surface area contributed by atoms with E-state index >= 15 is 0 Å². The van der Waals surface area contributed by atoms with Crippen LogP contribution in [0.5, 0.6) is 0 Å². The Labute approximate surface area is 265 Å². The highest BCUT2D eigenvalue weighted by molar-refractivity contribution is 7.92. The van der Waals surface area contributed by atoms with E-state index in [0.29, 0.717) is 11.4 Å². The van der Waals surface area contributed by atoms with Crippen LogP contribution >= 0.6 is 0 Å². The van der Waals surface area contributed by atoms with Crippen molar-refractivity contribution in [3.63, 3.8) is 0 Å². The lowest BCUT2D eigenvalue weighted by Crippen LogP contribution is -2.34. The number of fused-ring (bicyclic) bond motifs is 5. The third-order valence-electron chi connectivity index (χ3n) is 8.57. The monoisotopic (exact) mass is 632 g/mol. The number of rotatable bonds is 5. The van der Waals surface area contributed by atoms with Gasteiger partial charge < -0.3 is 0 Å². The molecule has 0 N–H and O–H groups in total. The molecule has 0 amide bonds. The summed E-state index contributed by atoms with van der Waals surface area (Å²) in [5, 5.41) is 0. The summed E-state index contributed by atoms with van der Waals surface area (Å²) < 4.78 is 59.3. The molecule has 2 aliphatic heterocycles. The smallest absolute Gasteiger partial charge is 0.261 e. The van der Waals surface area contributed by atoms with Crippen LogP contribution < -0.4 is 4.31 Å². The van der Waals surface area contributed by atoms with E-state index in [1.807, 2.05) is 99.6 Å². The summed E-state index contributed by atoms with van der Waals surface area (Å²) in [6, 6.07) is 33.1. The number of benzene rings is 5. The third-order valence-corrected chi connectivity index (χ3v) is 12.1. The Balaban J connectivity index is 1.41. The molecule has 0 fully saturated rings. The van der Waals surface area contributed by atoms with Crippen LogP contribution in [0.25, 0.3) is 22.9 Å². The minimum Gasteiger partial charge on any atom is -0.261 e. The van der Waals surface area contributed by atoms with Crippen LogP contribution in [0.2, 0.25) is 0 Å². The van der Waals surface area contributed by atoms with Crippen molar-refractivity contribution in [1.29, 1.82) is 0 Å². The molecular formula is C37H32N2O4S2. The number of anilines is 1. The molecule has 8 heteroatoms. The van der Waals surface area contributed by atoms with Crippen molar-refractivity contribution < 1.29 is 16.8 Å². The van der Waals surface area contributed by atoms with Crippen LogP contribution in [-0.2, 0) is 33.1 Å². The quantitative estimate of drug-likeness (QED) is 0.199. The summed E-state index contributed by atoms with van der Waals surface area (Å²) in [4.78, 5) is 0.471. The van der Waals surface area contributed by atoms with Crippen LogP contribution in [0.4, 0.5) is 5.69 Å². The summed E-state index contributed by atoms with van der Waals surface area (Å²) in [7, 11) is -7.74. The van der Waals surface area contributed by atoms with Crippen molar-refractivity contribution in [2.45, 2.75) is 43.7 Å². The Morgan fingerprint density at radius 2 is 1.13 bits per heavy atom. The van der Waals surface area contributed by atoms with Gasteiger partial charge >= 0.3 is 0 Å². The van der Waals surface area contributed by atoms with E-state index in [2.05, 4.69) is 0 Å². The molecule has 7 rings (SSSR count). The summed E-state index contributed by atoms with van der Waals surface area (Å²) in [6.07, 6.45) is 1.96. The molecule has 0 aliphatic carbocycles. The van der Waals surface area contributed by atoms with Gasteiger partial charge in [-0.25, -0.2) is 16.8 Å². The van der Waals surface area contributed by atoms with Gasteiger partial charge in [0.2, 0.25) is 0 Å². The number of sulfonamides is 2. The van der Waals surface area contributed by atoms with Crippen LogP contribution in [0.3, 0.4) is 0 Å². The first-order valence-electron chi connectivity index (χ1n) is 14.8. The maximum Gasteiger partial charge on any atom is 0.264 e. The molecule has 2 aliphatic rings. The highest BCUT2D eigenvalue weighted by Crippen LogP contribution is 2.47. The van der Waals surface area contributed by atoms with Gasteiger partial charge in [0.25, 0.3) is 20.0 Å². The van der Waals surface area contributed by atoms with E-state index < -0.39 is 20.0 Å². The van der Waals surface area contributed by atoms with Crippen molar-refractivity contribution in [3.05, 3.63) is 148 Å². The normalized spacial score (nSPS) is 14.3. The molecule has 0 radical (unpaired) electrons. The molecule has 0 spiro atoms. The predicted molar refractivity (Wildman–Crippen MR) is 179 cm³/mol. The van der Waals surface area contributed by atoms with Crippen LogP contribution in [0.15, 0.2) is 119 Å². The summed E-state index contributed by atoms with van der Waals surface area (Å²) in [5.74, 6) is 0. The van der Waals surface area contributed by atoms with Crippen molar-refractivity contribution >= 4 is 37.5 Å². The van der Waals surface area contributed by atoms with Gasteiger partial charge in [0.05, 0.1) is 34.3 Å². The van der Waals surface area contributed by atoms with Crippen LogP contribution in [0.1, 0.15) is 38.9 Å². The van der Waals surface area contributed by atoms with Gasteiger partial charge in [-0.3, -0.25) is 8.61 Å². The molecule has 6 nitrogen and oxygen atoms in total. The van der Waals surface area contributed by atoms with E-state index in [-0.39, 0.29) is 22.9 Å². The summed E-state index contributed by atoms with van der Waals surface area (Å²) >= 11 is 0. The molecule has 0 saturated heterocycles. The van der Waals surface area contributed by atoms with Crippen molar-refractivity contribution in [1.82, 2.24) is 4.31 Å². The van der Waals surface area contributed by atoms with Gasteiger partial charge in [0.1, 0.15) is 0 Å². The van der Waals surface area contributed by atoms with E-state index in [1.165, 1.54) is 8.61 Å². The average molecular weight is 633 g/mol. The lowest BCUT2D eigenvalue weighted by molar-refractivity contribution is 0.505. The standard InChI is InChI=1S/C37H32N2O4S2/c1-25-11-17-31(18-12-25)44(40,41)38-24-30-16-15-29-23-39(45(42,43)32-19-13-26(2)14-20-32)36(28-8-6-7-27(3)21-28)22-34(29)37(30)33-9-4-5-10-35(33)38/h4-22H,23-24H2,1-3H3. The first-order chi connectivity index (χ1) is 21.5. The van der Waals surface area contributed by atoms with E-state index in [0.717, 1.165) is 50.1 Å². The van der Waals surface area contributed by atoms with E-state index in [9.17, 15) is 16.8 Å². The van der Waals surface area contributed by atoms with Gasteiger partial charge in [-0.1, -0.05) is 89.5 Å². The molecule has 0 unspecified atom stereocenters. The number of para-hydroxylation sites is 1. The van der Waals surface area contributed by atoms with Crippen molar-refractivity contribution in [2.24, 2.45) is 0 Å². The second-order valence-electron chi connectivity index (χ2n) is 11.7. The van der Waals surface area contributed by atoms with E-state index in [1.54, 1.807) is 36.4 Å². The fourth-order valence-electron chi connectivity index (χ4n) is 6.19. The maximum atomic E-state index is 14.2. The lowest BCUT2D eigenvalue weighted by Gasteiger charge is -2.36. The van der Waals surface area contributed by atoms with Crippen LogP contribution in [-0.4, -0.2) is 21.1 Å². The predicted octanol–water partition coefficient (Wildman–Crippen LogP) is 7.69. The SMILES string of the molecule is Cc1ccc(S(=O)(=O)N2Cc3ccc4c(c3C=C2c2cccc(C)c2)-c2ccccc2N(S(=O)(=O)c2ccc(C)cc2)C4)cc1. The molecule has 45 heavy (non-hydrogen) atoms. The maximum absolute atomic E-state index is 14.2. The Kier molecular flexibility index (Phi) is 6.95. The average Bonchev–Trinajstić information content (AvgIpc) is 3.04. The van der Waals surface area contributed by atoms with Crippen molar-refractivity contribution in [3.8, 4) is 11.1 Å². The lowest BCUT2D eigenvalue weighted by atomic mass is 9.85. The molecule has 5 aromatic carbocycles. The Bertz CT molecular complexity index is 2220. The molecule has 0 bridgehead atoms. The highest BCUT2D eigenvalue weighted by atomic mass is 32.2. The number of aryl methyl sites for hydroxylation is 3. The summed E-state index contributed by atoms with van der Waals surface area (Å²) in [6.45, 7) is 6.15. The fourth-order valence-corrected chi connectivity index (χ4v) is 9.11. The van der Waals surface area contributed by atoms with Crippen molar-refractivity contribution in [2.75, 3.05) is 4.31 Å². The first-order valence-corrected chi connectivity index (χ1v) is 17.6. The minimum atomic E-state index is -3.90. The Hall–Kier alpha value is -4.66. The number of hydrogen-bond donors (Lipinski definition) is 0. The number of hydrogen-bond acceptors (Lipinski definition) is 4. The zero-order valence-electron chi connectivity index (χ0n) is 25.2. The highest BCUT2D eigenvalue weighted by Gasteiger charge is 2.36. The second-order valence-corrected chi connectivity index (χ2v) is 15.5. The topological polar surface area (TPSA) is 74.8 Å². The first kappa shape index (κ1) is 29.1. The Morgan fingerprint density at radius 3 is 1.78 bits per heavy atom. The Morgan fingerprint density at radius 1 is 0.556 bits per heavy atom. The van der Waals surface area contributed by atoms with Crippen LogP contribution in [0, 0.1) is 20.8 Å². The van der Waals surface area contributed by atoms with Gasteiger partial charge in [-0.15, -0.1) is 0 Å². The number of nitrogens with zero attached hydrogens (tertiary/aromatic N) is 2. The summed E-state index contributed by atoms with van der Waals surface area (Å²) in [5.41, 5.74) is 9.28. The molecule has 5 aromatic rings. The largest absolute Gasteiger partial charge is 0.264 e. The molecular weight excluding hydrogens is 601 g/mol.